The summed E-state index contributed by atoms with van der Waals surface area (Å²) in [7, 11) is 0. The smallest absolute Gasteiger partial charge is 0.338 e. The maximum absolute atomic E-state index is 12.5. The van der Waals surface area contributed by atoms with Crippen LogP contribution < -0.4 is 5.32 Å². The van der Waals surface area contributed by atoms with E-state index in [9.17, 15) is 19.2 Å². The molecule has 0 aromatic heterocycles. The van der Waals surface area contributed by atoms with Crippen LogP contribution in [0.2, 0.25) is 0 Å². The van der Waals surface area contributed by atoms with Crippen molar-refractivity contribution in [1.29, 1.82) is 0 Å². The summed E-state index contributed by atoms with van der Waals surface area (Å²) in [6, 6.07) is 18.8. The van der Waals surface area contributed by atoms with Crippen LogP contribution >= 0.6 is 0 Å². The predicted octanol–water partition coefficient (Wildman–Crippen LogP) is 3.90. The number of nitrogens with zero attached hydrogens (tertiary/aromatic N) is 1. The molecule has 0 bridgehead atoms. The highest BCUT2D eigenvalue weighted by Crippen LogP contribution is 2.24. The summed E-state index contributed by atoms with van der Waals surface area (Å²) in [6.45, 7) is 3.46. The highest BCUT2D eigenvalue weighted by molar-refractivity contribution is 6.21. The van der Waals surface area contributed by atoms with E-state index in [1.807, 2.05) is 32.0 Å². The Morgan fingerprint density at radius 1 is 0.818 bits per heavy atom. The predicted molar refractivity (Wildman–Crippen MR) is 122 cm³/mol. The van der Waals surface area contributed by atoms with Gasteiger partial charge in [-0.2, -0.15) is 0 Å². The molecule has 3 aromatic carbocycles. The molecule has 0 aliphatic carbocycles. The van der Waals surface area contributed by atoms with E-state index in [1.165, 1.54) is 4.90 Å². The summed E-state index contributed by atoms with van der Waals surface area (Å²) in [4.78, 5) is 50.7. The Kier molecular flexibility index (Phi) is 6.04. The molecule has 7 nitrogen and oxygen atoms in total. The number of anilines is 1. The minimum Gasteiger partial charge on any atom is -0.452 e. The molecule has 166 valence electrons. The van der Waals surface area contributed by atoms with Crippen LogP contribution in [0, 0.1) is 13.8 Å². The van der Waals surface area contributed by atoms with Gasteiger partial charge in [0.05, 0.1) is 23.2 Å². The number of carbonyl (C=O) groups is 4. The zero-order valence-corrected chi connectivity index (χ0v) is 18.3. The molecule has 4 rings (SSSR count). The Bertz CT molecular complexity index is 1210. The van der Waals surface area contributed by atoms with Crippen molar-refractivity contribution in [3.63, 3.8) is 0 Å². The Morgan fingerprint density at radius 3 is 1.97 bits per heavy atom. The van der Waals surface area contributed by atoms with Crippen LogP contribution in [0.3, 0.4) is 0 Å². The first-order valence-electron chi connectivity index (χ1n) is 10.4. The number of para-hydroxylation sites is 1. The van der Waals surface area contributed by atoms with Crippen LogP contribution in [-0.2, 0) is 16.1 Å². The maximum Gasteiger partial charge on any atom is 0.338 e. The molecule has 0 unspecified atom stereocenters. The molecule has 0 radical (unpaired) electrons. The quantitative estimate of drug-likeness (QED) is 0.462. The fraction of sp³-hybridized carbons (Fsp3) is 0.154. The number of amides is 3. The van der Waals surface area contributed by atoms with Gasteiger partial charge in [-0.05, 0) is 54.8 Å². The molecule has 33 heavy (non-hydrogen) atoms. The number of ether oxygens (including phenoxy) is 1. The molecule has 1 heterocycles. The van der Waals surface area contributed by atoms with Gasteiger partial charge >= 0.3 is 5.97 Å². The highest BCUT2D eigenvalue weighted by atomic mass is 16.5. The number of nitrogens with one attached hydrogen (secondary N) is 1. The van der Waals surface area contributed by atoms with Crippen molar-refractivity contribution in [3.05, 3.63) is 100 Å². The summed E-state index contributed by atoms with van der Waals surface area (Å²) in [5.74, 6) is -1.75. The third kappa shape index (κ3) is 4.52. The Labute approximate surface area is 191 Å². The van der Waals surface area contributed by atoms with Gasteiger partial charge in [-0.1, -0.05) is 42.5 Å². The zero-order chi connectivity index (χ0) is 23.5. The minimum atomic E-state index is -0.640. The second-order valence-electron chi connectivity index (χ2n) is 7.83. The fourth-order valence-corrected chi connectivity index (χ4v) is 3.71. The molecule has 0 saturated carbocycles. The van der Waals surface area contributed by atoms with Crippen LogP contribution in [-0.4, -0.2) is 35.2 Å². The average molecular weight is 442 g/mol. The van der Waals surface area contributed by atoms with E-state index in [4.69, 9.17) is 4.74 Å². The number of hydrogen-bond donors (Lipinski definition) is 1. The topological polar surface area (TPSA) is 92.8 Å². The van der Waals surface area contributed by atoms with Crippen molar-refractivity contribution in [2.24, 2.45) is 0 Å². The molecule has 1 N–H and O–H groups in total. The lowest BCUT2D eigenvalue weighted by atomic mass is 10.1. The van der Waals surface area contributed by atoms with E-state index in [1.54, 1.807) is 48.5 Å². The second-order valence-corrected chi connectivity index (χ2v) is 7.83. The Morgan fingerprint density at radius 2 is 1.39 bits per heavy atom. The lowest BCUT2D eigenvalue weighted by Crippen LogP contribution is -2.29. The summed E-state index contributed by atoms with van der Waals surface area (Å²) in [5, 5.41) is 2.77. The van der Waals surface area contributed by atoms with E-state index in [0.717, 1.165) is 11.1 Å². The van der Waals surface area contributed by atoms with Gasteiger partial charge in [-0.25, -0.2) is 4.79 Å². The molecule has 1 aliphatic heterocycles. The first-order valence-corrected chi connectivity index (χ1v) is 10.4. The van der Waals surface area contributed by atoms with Crippen LogP contribution in [0.25, 0.3) is 0 Å². The number of carbonyl (C=O) groups excluding carboxylic acids is 4. The standard InChI is InChI=1S/C26H22N2O5/c1-16-6-5-7-17(2)23(16)27-22(29)15-33-26(32)19-12-10-18(11-13-19)14-28-24(30)20-8-3-4-9-21(20)25(28)31/h3-13H,14-15H2,1-2H3,(H,27,29). The molecule has 0 saturated heterocycles. The van der Waals surface area contributed by atoms with E-state index in [2.05, 4.69) is 5.32 Å². The molecular weight excluding hydrogens is 420 g/mol. The molecule has 7 heteroatoms. The van der Waals surface area contributed by atoms with E-state index < -0.39 is 18.5 Å². The highest BCUT2D eigenvalue weighted by Gasteiger charge is 2.34. The van der Waals surface area contributed by atoms with Crippen molar-refractivity contribution >= 4 is 29.4 Å². The summed E-state index contributed by atoms with van der Waals surface area (Å²) >= 11 is 0. The average Bonchev–Trinajstić information content (AvgIpc) is 3.05. The van der Waals surface area contributed by atoms with E-state index in [-0.39, 0.29) is 23.9 Å². The molecule has 0 spiro atoms. The Hall–Kier alpha value is -4.26. The van der Waals surface area contributed by atoms with Gasteiger partial charge in [0, 0.05) is 5.69 Å². The molecule has 1 aliphatic rings. The minimum absolute atomic E-state index is 0.0971. The van der Waals surface area contributed by atoms with Crippen molar-refractivity contribution in [1.82, 2.24) is 4.90 Å². The number of aryl methyl sites for hydroxylation is 2. The molecule has 3 aromatic rings. The van der Waals surface area contributed by atoms with Crippen molar-refractivity contribution < 1.29 is 23.9 Å². The van der Waals surface area contributed by atoms with Crippen LogP contribution in [0.4, 0.5) is 5.69 Å². The van der Waals surface area contributed by atoms with Gasteiger partial charge in [0.15, 0.2) is 6.61 Å². The Balaban J connectivity index is 1.34. The van der Waals surface area contributed by atoms with Gasteiger partial charge in [0.1, 0.15) is 0 Å². The first kappa shape index (κ1) is 22.0. The zero-order valence-electron chi connectivity index (χ0n) is 18.3. The van der Waals surface area contributed by atoms with Crippen molar-refractivity contribution in [2.75, 3.05) is 11.9 Å². The van der Waals surface area contributed by atoms with Gasteiger partial charge in [-0.15, -0.1) is 0 Å². The third-order valence-electron chi connectivity index (χ3n) is 5.49. The van der Waals surface area contributed by atoms with Crippen LogP contribution in [0.1, 0.15) is 47.8 Å². The summed E-state index contributed by atoms with van der Waals surface area (Å²) < 4.78 is 5.12. The van der Waals surface area contributed by atoms with Gasteiger partial charge in [0.2, 0.25) is 0 Å². The fourth-order valence-electron chi connectivity index (χ4n) is 3.71. The third-order valence-corrected chi connectivity index (χ3v) is 5.49. The van der Waals surface area contributed by atoms with Gasteiger partial charge in [0.25, 0.3) is 17.7 Å². The number of esters is 1. The van der Waals surface area contributed by atoms with Crippen molar-refractivity contribution in [3.8, 4) is 0 Å². The SMILES string of the molecule is Cc1cccc(C)c1NC(=O)COC(=O)c1ccc(CN2C(=O)c3ccccc3C2=O)cc1. The number of hydrogen-bond acceptors (Lipinski definition) is 5. The van der Waals surface area contributed by atoms with Crippen LogP contribution in [0.5, 0.6) is 0 Å². The number of imide groups is 1. The van der Waals surface area contributed by atoms with Gasteiger partial charge < -0.3 is 10.1 Å². The lowest BCUT2D eigenvalue weighted by molar-refractivity contribution is -0.119. The normalized spacial score (nSPS) is 12.5. The number of rotatable bonds is 6. The van der Waals surface area contributed by atoms with Crippen LogP contribution in [0.15, 0.2) is 66.7 Å². The largest absolute Gasteiger partial charge is 0.452 e. The molecular formula is C26H22N2O5. The molecule has 0 atom stereocenters. The first-order chi connectivity index (χ1) is 15.8. The monoisotopic (exact) mass is 442 g/mol. The van der Waals surface area contributed by atoms with Gasteiger partial charge in [-0.3, -0.25) is 19.3 Å². The second kappa shape index (κ2) is 9.08. The number of benzene rings is 3. The summed E-state index contributed by atoms with van der Waals surface area (Å²) in [6.07, 6.45) is 0. The lowest BCUT2D eigenvalue weighted by Gasteiger charge is -2.14. The molecule has 0 fully saturated rings. The molecule has 3 amide bonds. The maximum atomic E-state index is 12.5. The van der Waals surface area contributed by atoms with E-state index in [0.29, 0.717) is 22.4 Å². The van der Waals surface area contributed by atoms with Crippen molar-refractivity contribution in [2.45, 2.75) is 20.4 Å². The summed E-state index contributed by atoms with van der Waals surface area (Å²) in [5.41, 5.74) is 4.28. The van der Waals surface area contributed by atoms with E-state index >= 15 is 0 Å². The number of fused-ring (bicyclic) bond motifs is 1.